The maximum absolute atomic E-state index is 10.1. The first-order valence-corrected chi connectivity index (χ1v) is 6.81. The van der Waals surface area contributed by atoms with E-state index in [9.17, 15) is 5.11 Å². The van der Waals surface area contributed by atoms with Gasteiger partial charge in [0.1, 0.15) is 5.75 Å². The van der Waals surface area contributed by atoms with Gasteiger partial charge in [-0.3, -0.25) is 0 Å². The summed E-state index contributed by atoms with van der Waals surface area (Å²) in [5.74, 6) is 0.510. The molecule has 0 heterocycles. The van der Waals surface area contributed by atoms with Crippen molar-refractivity contribution in [2.24, 2.45) is 0 Å². The van der Waals surface area contributed by atoms with Crippen LogP contribution in [0.4, 0.5) is 0 Å². The third-order valence-corrected chi connectivity index (χ3v) is 3.92. The molecule has 0 spiro atoms. The largest absolute Gasteiger partial charge is 0.508 e. The number of rotatable bonds is 4. The van der Waals surface area contributed by atoms with Gasteiger partial charge in [0.05, 0.1) is 0 Å². The molecule has 0 saturated heterocycles. The Balaban J connectivity index is 3.11. The fraction of sp³-hybridized carbons (Fsp3) is 0.500. The van der Waals surface area contributed by atoms with Crippen LogP contribution in [0.2, 0.25) is 6.82 Å². The van der Waals surface area contributed by atoms with Crippen molar-refractivity contribution in [1.29, 1.82) is 0 Å². The zero-order valence-corrected chi connectivity index (χ0v) is 11.8. The van der Waals surface area contributed by atoms with Crippen LogP contribution in [0, 0.1) is 6.92 Å². The average molecular weight is 316 g/mol. The van der Waals surface area contributed by atoms with E-state index in [1.54, 1.807) is 0 Å². The molecule has 1 unspecified atom stereocenters. The SMILES string of the molecule is CBc1cc(C)cc(C(I)CCC)c1O. The van der Waals surface area contributed by atoms with Crippen LogP contribution in [0.15, 0.2) is 12.1 Å². The molecule has 0 aromatic heterocycles. The minimum atomic E-state index is 0.429. The van der Waals surface area contributed by atoms with Gasteiger partial charge in [0, 0.05) is 9.49 Å². The lowest BCUT2D eigenvalue weighted by Crippen LogP contribution is -2.13. The number of halogens is 1. The molecule has 0 aliphatic carbocycles. The van der Waals surface area contributed by atoms with Crippen LogP contribution in [0.1, 0.15) is 34.8 Å². The average Bonchev–Trinajstić information content (AvgIpc) is 2.21. The summed E-state index contributed by atoms with van der Waals surface area (Å²) in [7, 11) is 0.899. The standard InChI is InChI=1S/C12H18BIO/c1-4-5-11(14)9-6-8(2)7-10(13-3)12(9)15/h6-7,11,13,15H,4-5H2,1-3H3. The van der Waals surface area contributed by atoms with E-state index in [1.807, 2.05) is 0 Å². The molecule has 0 saturated carbocycles. The zero-order chi connectivity index (χ0) is 11.4. The Morgan fingerprint density at radius 2 is 2.13 bits per heavy atom. The van der Waals surface area contributed by atoms with Crippen molar-refractivity contribution in [3.05, 3.63) is 23.3 Å². The highest BCUT2D eigenvalue weighted by atomic mass is 127. The molecular formula is C12H18BIO. The van der Waals surface area contributed by atoms with Crippen LogP contribution < -0.4 is 5.46 Å². The molecule has 0 aliphatic heterocycles. The van der Waals surface area contributed by atoms with Gasteiger partial charge in [-0.05, 0) is 18.8 Å². The molecule has 1 aromatic carbocycles. The summed E-state index contributed by atoms with van der Waals surface area (Å²) in [5.41, 5.74) is 3.43. The number of alkyl halides is 1. The molecular weight excluding hydrogens is 298 g/mol. The van der Waals surface area contributed by atoms with E-state index in [4.69, 9.17) is 0 Å². The van der Waals surface area contributed by atoms with Gasteiger partial charge in [0.25, 0.3) is 0 Å². The maximum atomic E-state index is 10.1. The van der Waals surface area contributed by atoms with E-state index in [1.165, 1.54) is 5.56 Å². The summed E-state index contributed by atoms with van der Waals surface area (Å²) < 4.78 is 0.429. The Kier molecular flexibility index (Phi) is 4.96. The van der Waals surface area contributed by atoms with Gasteiger partial charge in [-0.2, -0.15) is 0 Å². The summed E-state index contributed by atoms with van der Waals surface area (Å²) in [6, 6.07) is 4.19. The van der Waals surface area contributed by atoms with Crippen molar-refractivity contribution >= 4 is 35.3 Å². The predicted molar refractivity (Wildman–Crippen MR) is 77.2 cm³/mol. The van der Waals surface area contributed by atoms with Gasteiger partial charge < -0.3 is 5.11 Å². The van der Waals surface area contributed by atoms with E-state index in [-0.39, 0.29) is 0 Å². The summed E-state index contributed by atoms with van der Waals surface area (Å²) in [4.78, 5) is 0. The summed E-state index contributed by atoms with van der Waals surface area (Å²) in [6.07, 6.45) is 2.28. The van der Waals surface area contributed by atoms with E-state index >= 15 is 0 Å². The van der Waals surface area contributed by atoms with Crippen LogP contribution in [0.3, 0.4) is 0 Å². The highest BCUT2D eigenvalue weighted by molar-refractivity contribution is 14.1. The Bertz CT molecular complexity index is 339. The van der Waals surface area contributed by atoms with E-state index < -0.39 is 0 Å². The number of aryl methyl sites for hydroxylation is 1. The van der Waals surface area contributed by atoms with Crippen molar-refractivity contribution < 1.29 is 5.11 Å². The molecule has 1 rings (SSSR count). The van der Waals surface area contributed by atoms with E-state index in [0.29, 0.717) is 9.67 Å². The Morgan fingerprint density at radius 1 is 1.47 bits per heavy atom. The summed E-state index contributed by atoms with van der Waals surface area (Å²) in [6.45, 7) is 6.36. The van der Waals surface area contributed by atoms with Crippen molar-refractivity contribution in [1.82, 2.24) is 0 Å². The van der Waals surface area contributed by atoms with Crippen LogP contribution in [0.25, 0.3) is 0 Å². The highest BCUT2D eigenvalue weighted by Gasteiger charge is 2.14. The molecule has 0 bridgehead atoms. The fourth-order valence-corrected chi connectivity index (χ4v) is 2.90. The highest BCUT2D eigenvalue weighted by Crippen LogP contribution is 2.33. The second-order valence-corrected chi connectivity index (χ2v) is 5.48. The van der Waals surface area contributed by atoms with Crippen LogP contribution in [0.5, 0.6) is 5.75 Å². The second kappa shape index (κ2) is 5.78. The Morgan fingerprint density at radius 3 is 2.67 bits per heavy atom. The molecule has 1 atom stereocenters. The maximum Gasteiger partial charge on any atom is 0.159 e. The number of hydrogen-bond donors (Lipinski definition) is 1. The molecule has 0 fully saturated rings. The predicted octanol–water partition coefficient (Wildman–Crippen LogP) is 3.09. The molecule has 0 radical (unpaired) electrons. The van der Waals surface area contributed by atoms with E-state index in [0.717, 1.165) is 31.1 Å². The van der Waals surface area contributed by atoms with Crippen LogP contribution >= 0.6 is 22.6 Å². The fourth-order valence-electron chi connectivity index (χ4n) is 1.80. The Labute approximate surface area is 107 Å². The van der Waals surface area contributed by atoms with Gasteiger partial charge in [0.2, 0.25) is 0 Å². The zero-order valence-electron chi connectivity index (χ0n) is 9.68. The lowest BCUT2D eigenvalue weighted by Gasteiger charge is -2.14. The molecule has 1 aromatic rings. The van der Waals surface area contributed by atoms with Crippen molar-refractivity contribution in [3.8, 4) is 5.75 Å². The summed E-state index contributed by atoms with van der Waals surface area (Å²) in [5, 5.41) is 10.1. The monoisotopic (exact) mass is 316 g/mol. The number of phenols is 1. The van der Waals surface area contributed by atoms with Gasteiger partial charge in [-0.1, -0.05) is 60.5 Å². The van der Waals surface area contributed by atoms with E-state index in [2.05, 4.69) is 55.4 Å². The van der Waals surface area contributed by atoms with Gasteiger partial charge >= 0.3 is 0 Å². The number of phenolic OH excluding ortho intramolecular Hbond substituents is 1. The van der Waals surface area contributed by atoms with Crippen molar-refractivity contribution in [2.75, 3.05) is 0 Å². The minimum absolute atomic E-state index is 0.429. The first-order valence-electron chi connectivity index (χ1n) is 5.56. The minimum Gasteiger partial charge on any atom is -0.508 e. The van der Waals surface area contributed by atoms with Gasteiger partial charge in [-0.15, -0.1) is 0 Å². The molecule has 3 heteroatoms. The quantitative estimate of drug-likeness (QED) is 0.514. The lowest BCUT2D eigenvalue weighted by molar-refractivity contribution is 0.471. The van der Waals surface area contributed by atoms with Crippen LogP contribution in [-0.4, -0.2) is 12.4 Å². The number of hydrogen-bond acceptors (Lipinski definition) is 1. The summed E-state index contributed by atoms with van der Waals surface area (Å²) >= 11 is 2.42. The smallest absolute Gasteiger partial charge is 0.159 e. The van der Waals surface area contributed by atoms with Crippen molar-refractivity contribution in [3.63, 3.8) is 0 Å². The second-order valence-electron chi connectivity index (χ2n) is 3.97. The molecule has 15 heavy (non-hydrogen) atoms. The normalized spacial score (nSPS) is 12.5. The molecule has 0 aliphatic rings. The number of benzene rings is 1. The van der Waals surface area contributed by atoms with Gasteiger partial charge in [-0.25, -0.2) is 0 Å². The lowest BCUT2D eigenvalue weighted by atomic mass is 9.71. The van der Waals surface area contributed by atoms with Crippen molar-refractivity contribution in [2.45, 2.75) is 37.4 Å². The third-order valence-electron chi connectivity index (χ3n) is 2.62. The topological polar surface area (TPSA) is 20.2 Å². The first kappa shape index (κ1) is 12.9. The molecule has 1 nitrogen and oxygen atoms in total. The first-order chi connectivity index (χ1) is 7.10. The van der Waals surface area contributed by atoms with Crippen LogP contribution in [-0.2, 0) is 0 Å². The molecule has 0 amide bonds. The Hall–Kier alpha value is -0.185. The molecule has 1 N–H and O–H groups in total. The molecule has 82 valence electrons. The third kappa shape index (κ3) is 3.13. The van der Waals surface area contributed by atoms with Gasteiger partial charge in [0.15, 0.2) is 7.28 Å². The number of aromatic hydroxyl groups is 1.